The standard InChI is InChI=1S/C19H36N2O13S/c1-2-3-29-14-5-10(23)13(8-31-14)33-19-16(20)17(25)18(12(32-19)6-21-35(26,27)28)34-15-4-9(22)11(24)7-30-15/h9-19,21-25H,2-8,20H2,1H3,(H,26,27,28)/t9-,10-,11+,12?,13+,14+,15-,16?,17+,18+,19-/m0/s1. The molecule has 35 heavy (non-hydrogen) atoms. The fourth-order valence-corrected chi connectivity index (χ4v) is 4.37. The lowest BCUT2D eigenvalue weighted by Gasteiger charge is -2.46. The van der Waals surface area contributed by atoms with Gasteiger partial charge in [-0.2, -0.15) is 13.1 Å². The second-order valence-electron chi connectivity index (χ2n) is 8.78. The van der Waals surface area contributed by atoms with E-state index in [1.54, 1.807) is 0 Å². The Labute approximate surface area is 203 Å². The highest BCUT2D eigenvalue weighted by Gasteiger charge is 2.48. The summed E-state index contributed by atoms with van der Waals surface area (Å²) in [5.74, 6) is 0. The number of hydrogen-bond acceptors (Lipinski definition) is 13. The van der Waals surface area contributed by atoms with Gasteiger partial charge in [-0.3, -0.25) is 4.55 Å². The van der Waals surface area contributed by atoms with Gasteiger partial charge in [-0.1, -0.05) is 6.92 Å². The molecule has 0 aromatic carbocycles. The van der Waals surface area contributed by atoms with E-state index < -0.39 is 84.5 Å². The Hall–Kier alpha value is -0.570. The van der Waals surface area contributed by atoms with E-state index in [0.29, 0.717) is 6.61 Å². The number of nitrogens with one attached hydrogen (secondary N) is 1. The lowest BCUT2D eigenvalue weighted by Crippen LogP contribution is -2.66. The van der Waals surface area contributed by atoms with Crippen molar-refractivity contribution in [2.45, 2.75) is 93.8 Å². The van der Waals surface area contributed by atoms with Crippen molar-refractivity contribution < 1.29 is 61.8 Å². The maximum atomic E-state index is 11.2. The summed E-state index contributed by atoms with van der Waals surface area (Å²) < 4.78 is 67.0. The van der Waals surface area contributed by atoms with Crippen LogP contribution in [0.25, 0.3) is 0 Å². The molecule has 3 aliphatic rings. The molecule has 0 aromatic rings. The molecule has 11 atom stereocenters. The molecule has 2 unspecified atom stereocenters. The molecule has 0 radical (unpaired) electrons. The van der Waals surface area contributed by atoms with Crippen molar-refractivity contribution in [2.75, 3.05) is 26.4 Å². The van der Waals surface area contributed by atoms with Crippen molar-refractivity contribution in [2.24, 2.45) is 5.73 Å². The van der Waals surface area contributed by atoms with Crippen molar-refractivity contribution in [1.82, 2.24) is 4.72 Å². The van der Waals surface area contributed by atoms with Crippen LogP contribution >= 0.6 is 0 Å². The average Bonchev–Trinajstić information content (AvgIpc) is 2.79. The molecular formula is C19H36N2O13S. The van der Waals surface area contributed by atoms with Gasteiger partial charge in [-0.25, -0.2) is 0 Å². The van der Waals surface area contributed by atoms with Crippen molar-refractivity contribution in [3.05, 3.63) is 0 Å². The Morgan fingerprint density at radius 2 is 1.69 bits per heavy atom. The molecule has 0 amide bonds. The van der Waals surface area contributed by atoms with Crippen LogP contribution in [0.5, 0.6) is 0 Å². The topological polar surface area (TPSA) is 229 Å². The van der Waals surface area contributed by atoms with Crippen LogP contribution < -0.4 is 10.5 Å². The van der Waals surface area contributed by atoms with Crippen LogP contribution in [0.1, 0.15) is 26.2 Å². The summed E-state index contributed by atoms with van der Waals surface area (Å²) in [6, 6.07) is -1.19. The van der Waals surface area contributed by atoms with Crippen molar-refractivity contribution >= 4 is 10.3 Å². The van der Waals surface area contributed by atoms with Crippen LogP contribution in [0.3, 0.4) is 0 Å². The average molecular weight is 533 g/mol. The summed E-state index contributed by atoms with van der Waals surface area (Å²) in [6.07, 6.45) is -10.2. The first-order chi connectivity index (χ1) is 16.5. The Morgan fingerprint density at radius 1 is 1.00 bits per heavy atom. The number of hydrogen-bond donors (Lipinski definition) is 7. The van der Waals surface area contributed by atoms with Crippen LogP contribution in [0, 0.1) is 0 Å². The minimum atomic E-state index is -4.61. The van der Waals surface area contributed by atoms with Gasteiger partial charge in [0.25, 0.3) is 0 Å². The maximum Gasteiger partial charge on any atom is 0.333 e. The fraction of sp³-hybridized carbons (Fsp3) is 1.00. The van der Waals surface area contributed by atoms with Gasteiger partial charge in [-0.05, 0) is 6.42 Å². The predicted molar refractivity (Wildman–Crippen MR) is 115 cm³/mol. The number of rotatable bonds is 10. The van der Waals surface area contributed by atoms with Crippen LogP contribution in [0.15, 0.2) is 0 Å². The maximum absolute atomic E-state index is 11.2. The third-order valence-corrected chi connectivity index (χ3v) is 6.49. The summed E-state index contributed by atoms with van der Waals surface area (Å²) in [6.45, 7) is 1.62. The van der Waals surface area contributed by atoms with E-state index in [1.807, 2.05) is 11.6 Å². The molecule has 0 saturated carbocycles. The third kappa shape index (κ3) is 8.21. The lowest BCUT2D eigenvalue weighted by atomic mass is 9.96. The Morgan fingerprint density at radius 3 is 2.31 bits per heavy atom. The lowest BCUT2D eigenvalue weighted by molar-refractivity contribution is -0.327. The molecule has 0 spiro atoms. The van der Waals surface area contributed by atoms with Gasteiger partial charge in [-0.15, -0.1) is 0 Å². The van der Waals surface area contributed by atoms with Gasteiger partial charge in [0, 0.05) is 26.0 Å². The van der Waals surface area contributed by atoms with E-state index >= 15 is 0 Å². The van der Waals surface area contributed by atoms with Crippen LogP contribution in [0.4, 0.5) is 0 Å². The Bertz CT molecular complexity index is 761. The first-order valence-electron chi connectivity index (χ1n) is 11.5. The molecule has 3 aliphatic heterocycles. The van der Waals surface area contributed by atoms with Crippen molar-refractivity contribution in [3.63, 3.8) is 0 Å². The molecule has 0 aromatic heterocycles. The molecular weight excluding hydrogens is 496 g/mol. The SMILES string of the molecule is CCCO[C@H]1C[C@H](O)[C@H](O[C@@H]2OC(CNS(=O)(=O)O)[C@@H](O[C@H]3C[C@H](O)[C@H](O)CO3)[C@H](O)C2N)CO1. The second-order valence-corrected chi connectivity index (χ2v) is 10.0. The minimum absolute atomic E-state index is 0.0395. The van der Waals surface area contributed by atoms with Crippen LogP contribution in [-0.2, 0) is 38.7 Å². The Balaban J connectivity index is 1.66. The highest BCUT2D eigenvalue weighted by atomic mass is 32.2. The van der Waals surface area contributed by atoms with Gasteiger partial charge in [0.2, 0.25) is 0 Å². The summed E-state index contributed by atoms with van der Waals surface area (Å²) in [5.41, 5.74) is 6.12. The molecule has 0 aliphatic carbocycles. The first-order valence-corrected chi connectivity index (χ1v) is 12.9. The van der Waals surface area contributed by atoms with Gasteiger partial charge in [0.05, 0.1) is 31.5 Å². The van der Waals surface area contributed by atoms with E-state index in [9.17, 15) is 28.8 Å². The zero-order chi connectivity index (χ0) is 25.8. The molecule has 3 rings (SSSR count). The normalized spacial score (nSPS) is 43.2. The quantitative estimate of drug-likeness (QED) is 0.136. The highest BCUT2D eigenvalue weighted by molar-refractivity contribution is 7.83. The largest absolute Gasteiger partial charge is 0.390 e. The summed E-state index contributed by atoms with van der Waals surface area (Å²) in [4.78, 5) is 0. The first kappa shape index (κ1) is 29.0. The van der Waals surface area contributed by atoms with Gasteiger partial charge in [0.15, 0.2) is 18.9 Å². The van der Waals surface area contributed by atoms with Crippen LogP contribution in [-0.4, -0.2) is 127 Å². The molecule has 15 nitrogen and oxygen atoms in total. The van der Waals surface area contributed by atoms with E-state index in [2.05, 4.69) is 0 Å². The number of aliphatic hydroxyl groups excluding tert-OH is 4. The smallest absolute Gasteiger partial charge is 0.333 e. The van der Waals surface area contributed by atoms with E-state index in [4.69, 9.17) is 38.7 Å². The number of nitrogens with two attached hydrogens (primary N) is 1. The monoisotopic (exact) mass is 532 g/mol. The Kier molecular flexibility index (Phi) is 10.6. The number of aliphatic hydroxyl groups is 4. The van der Waals surface area contributed by atoms with E-state index in [1.165, 1.54) is 0 Å². The van der Waals surface area contributed by atoms with Gasteiger partial charge >= 0.3 is 10.3 Å². The van der Waals surface area contributed by atoms with Crippen molar-refractivity contribution in [1.29, 1.82) is 0 Å². The number of ether oxygens (including phenoxy) is 6. The second kappa shape index (κ2) is 12.8. The molecule has 0 bridgehead atoms. The highest BCUT2D eigenvalue weighted by Crippen LogP contribution is 2.29. The molecule has 3 heterocycles. The molecule has 8 N–H and O–H groups in total. The van der Waals surface area contributed by atoms with Crippen molar-refractivity contribution in [3.8, 4) is 0 Å². The molecule has 3 fully saturated rings. The summed E-state index contributed by atoms with van der Waals surface area (Å²) >= 11 is 0. The third-order valence-electron chi connectivity index (χ3n) is 5.95. The predicted octanol–water partition coefficient (Wildman–Crippen LogP) is -3.44. The summed E-state index contributed by atoms with van der Waals surface area (Å²) in [7, 11) is -4.61. The molecule has 3 saturated heterocycles. The zero-order valence-corrected chi connectivity index (χ0v) is 20.1. The van der Waals surface area contributed by atoms with E-state index in [-0.39, 0.29) is 26.1 Å². The minimum Gasteiger partial charge on any atom is -0.390 e. The summed E-state index contributed by atoms with van der Waals surface area (Å²) in [5, 5.41) is 40.8. The zero-order valence-electron chi connectivity index (χ0n) is 19.3. The van der Waals surface area contributed by atoms with Gasteiger partial charge < -0.3 is 54.6 Å². The van der Waals surface area contributed by atoms with Crippen LogP contribution in [0.2, 0.25) is 0 Å². The molecule has 16 heteroatoms. The van der Waals surface area contributed by atoms with E-state index in [0.717, 1.165) is 6.42 Å². The fourth-order valence-electron chi connectivity index (χ4n) is 3.99. The molecule has 206 valence electrons. The van der Waals surface area contributed by atoms with Gasteiger partial charge in [0.1, 0.15) is 30.5 Å².